The van der Waals surface area contributed by atoms with Gasteiger partial charge >= 0.3 is 11.9 Å². The largest absolute Gasteiger partial charge is 0.497 e. The second-order valence-electron chi connectivity index (χ2n) is 3.39. The van der Waals surface area contributed by atoms with Crippen LogP contribution in [0.1, 0.15) is 33.2 Å². The van der Waals surface area contributed by atoms with E-state index in [1.807, 2.05) is 0 Å². The third kappa shape index (κ3) is 2.75. The maximum absolute atomic E-state index is 11.7. The SMILES string of the molecule is CCOC(=O)c1c(C)cc(OC)cc1C(=O)O. The van der Waals surface area contributed by atoms with Gasteiger partial charge in [0.25, 0.3) is 0 Å². The van der Waals surface area contributed by atoms with Crippen LogP contribution in [-0.4, -0.2) is 30.8 Å². The molecule has 5 heteroatoms. The molecule has 0 atom stereocenters. The Kier molecular flexibility index (Phi) is 4.09. The fourth-order valence-electron chi connectivity index (χ4n) is 1.51. The van der Waals surface area contributed by atoms with Crippen LogP contribution in [0.4, 0.5) is 0 Å². The average molecular weight is 238 g/mol. The van der Waals surface area contributed by atoms with Gasteiger partial charge in [-0.25, -0.2) is 9.59 Å². The summed E-state index contributed by atoms with van der Waals surface area (Å²) >= 11 is 0. The Balaban J connectivity index is 3.36. The standard InChI is InChI=1S/C12H14O5/c1-4-17-12(15)10-7(2)5-8(16-3)6-9(10)11(13)14/h5-6H,4H2,1-3H3,(H,13,14). The maximum atomic E-state index is 11.7. The monoisotopic (exact) mass is 238 g/mol. The number of aromatic carboxylic acids is 1. The van der Waals surface area contributed by atoms with Crippen molar-refractivity contribution in [1.29, 1.82) is 0 Å². The number of carboxylic acids is 1. The Morgan fingerprint density at radius 3 is 2.47 bits per heavy atom. The molecule has 0 saturated carbocycles. The summed E-state index contributed by atoms with van der Waals surface area (Å²) in [7, 11) is 1.43. The van der Waals surface area contributed by atoms with E-state index in [4.69, 9.17) is 14.6 Å². The van der Waals surface area contributed by atoms with Crippen molar-refractivity contribution in [2.75, 3.05) is 13.7 Å². The first-order chi connectivity index (χ1) is 8.01. The van der Waals surface area contributed by atoms with Crippen molar-refractivity contribution in [2.45, 2.75) is 13.8 Å². The first-order valence-electron chi connectivity index (χ1n) is 5.10. The molecule has 0 aliphatic rings. The van der Waals surface area contributed by atoms with E-state index in [2.05, 4.69) is 0 Å². The van der Waals surface area contributed by atoms with Gasteiger partial charge in [0.2, 0.25) is 0 Å². The van der Waals surface area contributed by atoms with Crippen LogP contribution in [-0.2, 0) is 4.74 Å². The number of carbonyl (C=O) groups is 2. The zero-order valence-electron chi connectivity index (χ0n) is 9.94. The van der Waals surface area contributed by atoms with Gasteiger partial charge in [-0.2, -0.15) is 0 Å². The molecule has 1 aromatic carbocycles. The van der Waals surface area contributed by atoms with Gasteiger partial charge in [0.15, 0.2) is 0 Å². The normalized spacial score (nSPS) is 9.82. The molecule has 0 amide bonds. The lowest BCUT2D eigenvalue weighted by atomic mass is 10.0. The van der Waals surface area contributed by atoms with Crippen molar-refractivity contribution in [3.63, 3.8) is 0 Å². The number of carbonyl (C=O) groups excluding carboxylic acids is 1. The van der Waals surface area contributed by atoms with Gasteiger partial charge in [0.05, 0.1) is 24.8 Å². The van der Waals surface area contributed by atoms with Crippen molar-refractivity contribution >= 4 is 11.9 Å². The minimum absolute atomic E-state index is 0.0696. The van der Waals surface area contributed by atoms with E-state index in [0.717, 1.165) is 0 Å². The lowest BCUT2D eigenvalue weighted by Gasteiger charge is -2.11. The number of carboxylic acid groups (broad SMARTS) is 1. The van der Waals surface area contributed by atoms with Crippen LogP contribution in [0.5, 0.6) is 5.75 Å². The molecule has 0 unspecified atom stereocenters. The molecule has 0 bridgehead atoms. The summed E-state index contributed by atoms with van der Waals surface area (Å²) in [5.41, 5.74) is 0.473. The highest BCUT2D eigenvalue weighted by molar-refractivity contribution is 6.03. The summed E-state index contributed by atoms with van der Waals surface area (Å²) < 4.78 is 9.80. The van der Waals surface area contributed by atoms with Crippen LogP contribution < -0.4 is 4.74 Å². The first kappa shape index (κ1) is 13.0. The maximum Gasteiger partial charge on any atom is 0.339 e. The summed E-state index contributed by atoms with van der Waals surface area (Å²) in [6.07, 6.45) is 0. The summed E-state index contributed by atoms with van der Waals surface area (Å²) in [6.45, 7) is 3.50. The van der Waals surface area contributed by atoms with Crippen LogP contribution in [0.2, 0.25) is 0 Å². The number of esters is 1. The minimum atomic E-state index is -1.19. The lowest BCUT2D eigenvalue weighted by Crippen LogP contribution is -2.13. The highest BCUT2D eigenvalue weighted by Crippen LogP contribution is 2.23. The second-order valence-corrected chi connectivity index (χ2v) is 3.39. The van der Waals surface area contributed by atoms with E-state index in [9.17, 15) is 9.59 Å². The van der Waals surface area contributed by atoms with E-state index in [1.54, 1.807) is 19.9 Å². The van der Waals surface area contributed by atoms with Gasteiger partial charge in [-0.1, -0.05) is 0 Å². The topological polar surface area (TPSA) is 72.8 Å². The molecule has 0 fully saturated rings. The molecule has 1 aromatic rings. The van der Waals surface area contributed by atoms with E-state index >= 15 is 0 Å². The number of hydrogen-bond donors (Lipinski definition) is 1. The summed E-state index contributed by atoms with van der Waals surface area (Å²) in [5, 5.41) is 9.06. The van der Waals surface area contributed by atoms with Crippen LogP contribution in [0.25, 0.3) is 0 Å². The molecule has 0 aliphatic heterocycles. The minimum Gasteiger partial charge on any atom is -0.497 e. The van der Waals surface area contributed by atoms with Gasteiger partial charge in [-0.3, -0.25) is 0 Å². The Morgan fingerprint density at radius 2 is 2.00 bits per heavy atom. The van der Waals surface area contributed by atoms with Crippen LogP contribution in [0, 0.1) is 6.92 Å². The molecule has 0 spiro atoms. The Bertz CT molecular complexity index is 450. The smallest absolute Gasteiger partial charge is 0.339 e. The molecule has 0 saturated heterocycles. The number of methoxy groups -OCH3 is 1. The van der Waals surface area contributed by atoms with E-state index in [0.29, 0.717) is 11.3 Å². The summed E-state index contributed by atoms with van der Waals surface area (Å²) in [6, 6.07) is 2.90. The fraction of sp³-hybridized carbons (Fsp3) is 0.333. The molecular formula is C12H14O5. The van der Waals surface area contributed by atoms with E-state index in [-0.39, 0.29) is 17.7 Å². The van der Waals surface area contributed by atoms with Gasteiger partial charge in [0, 0.05) is 0 Å². The second kappa shape index (κ2) is 5.34. The Hall–Kier alpha value is -2.04. The number of aryl methyl sites for hydroxylation is 1. The van der Waals surface area contributed by atoms with Crippen molar-refractivity contribution in [3.8, 4) is 5.75 Å². The fourth-order valence-corrected chi connectivity index (χ4v) is 1.51. The van der Waals surface area contributed by atoms with Crippen LogP contribution in [0.3, 0.4) is 0 Å². The van der Waals surface area contributed by atoms with Crippen molar-refractivity contribution in [1.82, 2.24) is 0 Å². The average Bonchev–Trinajstić information content (AvgIpc) is 2.27. The predicted molar refractivity (Wildman–Crippen MR) is 60.6 cm³/mol. The van der Waals surface area contributed by atoms with Crippen molar-refractivity contribution in [3.05, 3.63) is 28.8 Å². The molecule has 0 aromatic heterocycles. The molecule has 0 heterocycles. The number of benzene rings is 1. The number of ether oxygens (including phenoxy) is 2. The molecule has 1 rings (SSSR count). The van der Waals surface area contributed by atoms with E-state index in [1.165, 1.54) is 13.2 Å². The van der Waals surface area contributed by atoms with Crippen LogP contribution >= 0.6 is 0 Å². The van der Waals surface area contributed by atoms with Crippen LogP contribution in [0.15, 0.2) is 12.1 Å². The van der Waals surface area contributed by atoms with Gasteiger partial charge in [0.1, 0.15) is 5.75 Å². The van der Waals surface area contributed by atoms with Gasteiger partial charge in [-0.15, -0.1) is 0 Å². The van der Waals surface area contributed by atoms with Gasteiger partial charge < -0.3 is 14.6 Å². The van der Waals surface area contributed by atoms with Crippen molar-refractivity contribution in [2.24, 2.45) is 0 Å². The lowest BCUT2D eigenvalue weighted by molar-refractivity contribution is 0.0513. The Morgan fingerprint density at radius 1 is 1.35 bits per heavy atom. The molecule has 1 N–H and O–H groups in total. The third-order valence-electron chi connectivity index (χ3n) is 2.25. The zero-order valence-corrected chi connectivity index (χ0v) is 9.94. The molecular weight excluding hydrogens is 224 g/mol. The van der Waals surface area contributed by atoms with Crippen molar-refractivity contribution < 1.29 is 24.2 Å². The molecule has 92 valence electrons. The van der Waals surface area contributed by atoms with E-state index < -0.39 is 11.9 Å². The third-order valence-corrected chi connectivity index (χ3v) is 2.25. The number of rotatable bonds is 4. The summed E-state index contributed by atoms with van der Waals surface area (Å²) in [5.74, 6) is -1.42. The van der Waals surface area contributed by atoms with Gasteiger partial charge in [-0.05, 0) is 31.5 Å². The highest BCUT2D eigenvalue weighted by Gasteiger charge is 2.21. The first-order valence-corrected chi connectivity index (χ1v) is 5.10. The molecule has 0 radical (unpaired) electrons. The predicted octanol–water partition coefficient (Wildman–Crippen LogP) is 1.88. The number of hydrogen-bond acceptors (Lipinski definition) is 4. The highest BCUT2D eigenvalue weighted by atomic mass is 16.5. The molecule has 17 heavy (non-hydrogen) atoms. The zero-order chi connectivity index (χ0) is 13.0. The summed E-state index contributed by atoms with van der Waals surface area (Å²) in [4.78, 5) is 22.8. The quantitative estimate of drug-likeness (QED) is 0.811. The molecule has 5 nitrogen and oxygen atoms in total. The Labute approximate surface area is 99.0 Å². The molecule has 0 aliphatic carbocycles.